The summed E-state index contributed by atoms with van der Waals surface area (Å²) in [6.07, 6.45) is -5.18. The Morgan fingerprint density at radius 1 is 1.45 bits per heavy atom. The topological polar surface area (TPSA) is 84.7 Å². The zero-order chi connectivity index (χ0) is 16.5. The van der Waals surface area contributed by atoms with Crippen molar-refractivity contribution < 1.29 is 27.6 Å². The fraction of sp³-hybridized carbons (Fsp3) is 0.417. The van der Waals surface area contributed by atoms with Gasteiger partial charge in [0.1, 0.15) is 5.69 Å². The van der Waals surface area contributed by atoms with Gasteiger partial charge in [0.2, 0.25) is 0 Å². The lowest BCUT2D eigenvalue weighted by molar-refractivity contribution is -0.384. The van der Waals surface area contributed by atoms with Gasteiger partial charge in [0.25, 0.3) is 5.69 Å². The van der Waals surface area contributed by atoms with E-state index in [1.807, 2.05) is 0 Å². The van der Waals surface area contributed by atoms with E-state index in [1.54, 1.807) is 0 Å². The number of nitro groups is 1. The normalized spacial score (nSPS) is 15.2. The highest BCUT2D eigenvalue weighted by molar-refractivity contribution is 5.70. The number of hydrogen-bond donors (Lipinski definition) is 1. The Balaban J connectivity index is 2.12. The van der Waals surface area contributed by atoms with Gasteiger partial charge in [-0.15, -0.1) is 0 Å². The molecule has 0 unspecified atom stereocenters. The van der Waals surface area contributed by atoms with E-state index >= 15 is 0 Å². The fourth-order valence-corrected chi connectivity index (χ4v) is 2.05. The number of nitrogens with zero attached hydrogens (tertiary/aromatic N) is 2. The van der Waals surface area contributed by atoms with Gasteiger partial charge in [0.05, 0.1) is 23.6 Å². The highest BCUT2D eigenvalue weighted by atomic mass is 19.4. The second-order valence-corrected chi connectivity index (χ2v) is 4.70. The van der Waals surface area contributed by atoms with Gasteiger partial charge in [-0.05, 0) is 12.1 Å². The van der Waals surface area contributed by atoms with E-state index in [4.69, 9.17) is 0 Å². The first-order valence-electron chi connectivity index (χ1n) is 6.17. The molecule has 0 bridgehead atoms. The number of likely N-dealkylation sites (tertiary alicyclic amines) is 1. The number of nitrogens with one attached hydrogen (secondary N) is 1. The summed E-state index contributed by atoms with van der Waals surface area (Å²) in [6.45, 7) is 0.510. The molecule has 2 rings (SSSR count). The summed E-state index contributed by atoms with van der Waals surface area (Å²) in [5, 5.41) is 13.7. The Kier molecular flexibility index (Phi) is 4.11. The third-order valence-corrected chi connectivity index (χ3v) is 3.20. The quantitative estimate of drug-likeness (QED) is 0.683. The van der Waals surface area contributed by atoms with E-state index in [9.17, 15) is 28.1 Å². The number of carbonyl (C=O) groups is 1. The summed E-state index contributed by atoms with van der Waals surface area (Å²) >= 11 is 0. The Morgan fingerprint density at radius 3 is 2.59 bits per heavy atom. The van der Waals surface area contributed by atoms with E-state index in [-0.39, 0.29) is 24.8 Å². The van der Waals surface area contributed by atoms with Crippen LogP contribution in [0.3, 0.4) is 0 Å². The SMILES string of the molecule is COC(=O)N1CC(Nc2ccc(C(F)(F)F)cc2[N+](=O)[O-])C1. The van der Waals surface area contributed by atoms with Crippen molar-refractivity contribution in [3.63, 3.8) is 0 Å². The van der Waals surface area contributed by atoms with E-state index < -0.39 is 28.4 Å². The number of carbonyl (C=O) groups excluding carboxylic acids is 1. The zero-order valence-corrected chi connectivity index (χ0v) is 11.4. The first kappa shape index (κ1) is 15.9. The van der Waals surface area contributed by atoms with Gasteiger partial charge in [-0.1, -0.05) is 0 Å². The third-order valence-electron chi connectivity index (χ3n) is 3.20. The Morgan fingerprint density at radius 2 is 2.09 bits per heavy atom. The molecule has 1 aromatic carbocycles. The number of anilines is 1. The van der Waals surface area contributed by atoms with Crippen LogP contribution in [0, 0.1) is 10.1 Å². The van der Waals surface area contributed by atoms with Gasteiger partial charge in [0.15, 0.2) is 0 Å². The predicted molar refractivity (Wildman–Crippen MR) is 69.5 cm³/mol. The molecule has 7 nitrogen and oxygen atoms in total. The first-order chi connectivity index (χ1) is 10.2. The predicted octanol–water partition coefficient (Wildman–Crippen LogP) is 2.48. The fourth-order valence-electron chi connectivity index (χ4n) is 2.05. The molecule has 1 saturated heterocycles. The minimum absolute atomic E-state index is 0.0208. The van der Waals surface area contributed by atoms with Crippen molar-refractivity contribution in [2.75, 3.05) is 25.5 Å². The lowest BCUT2D eigenvalue weighted by atomic mass is 10.1. The van der Waals surface area contributed by atoms with Gasteiger partial charge in [-0.25, -0.2) is 4.79 Å². The van der Waals surface area contributed by atoms with Gasteiger partial charge in [-0.3, -0.25) is 10.1 Å². The van der Waals surface area contributed by atoms with Crippen LogP contribution < -0.4 is 5.32 Å². The van der Waals surface area contributed by atoms with E-state index in [1.165, 1.54) is 12.0 Å². The Hall–Kier alpha value is -2.52. The number of alkyl halides is 3. The monoisotopic (exact) mass is 319 g/mol. The molecule has 1 fully saturated rings. The average Bonchev–Trinajstić information content (AvgIpc) is 2.40. The minimum atomic E-state index is -4.65. The summed E-state index contributed by atoms with van der Waals surface area (Å²) < 4.78 is 42.2. The second kappa shape index (κ2) is 5.70. The molecule has 1 N–H and O–H groups in total. The van der Waals surface area contributed by atoms with Crippen LogP contribution in [-0.4, -0.2) is 42.2 Å². The standard InChI is InChI=1S/C12H12F3N3O4/c1-22-11(19)17-5-8(6-17)16-9-3-2-7(12(13,14)15)4-10(9)18(20)21/h2-4,8,16H,5-6H2,1H3. The molecule has 120 valence electrons. The Bertz CT molecular complexity index is 600. The smallest absolute Gasteiger partial charge is 0.416 e. The molecule has 0 spiro atoms. The van der Waals surface area contributed by atoms with Crippen molar-refractivity contribution in [1.29, 1.82) is 0 Å². The summed E-state index contributed by atoms with van der Waals surface area (Å²) in [7, 11) is 1.23. The van der Waals surface area contributed by atoms with Crippen molar-refractivity contribution in [1.82, 2.24) is 4.90 Å². The molecule has 1 aliphatic heterocycles. The molecular formula is C12H12F3N3O4. The van der Waals surface area contributed by atoms with Crippen molar-refractivity contribution in [2.24, 2.45) is 0 Å². The van der Waals surface area contributed by atoms with E-state index in [2.05, 4.69) is 10.1 Å². The van der Waals surface area contributed by atoms with Crippen molar-refractivity contribution in [3.8, 4) is 0 Å². The number of ether oxygens (including phenoxy) is 1. The molecule has 1 heterocycles. The van der Waals surface area contributed by atoms with Crippen LogP contribution in [0.2, 0.25) is 0 Å². The molecule has 0 aromatic heterocycles. The largest absolute Gasteiger partial charge is 0.453 e. The van der Waals surface area contributed by atoms with Crippen molar-refractivity contribution in [3.05, 3.63) is 33.9 Å². The first-order valence-corrected chi connectivity index (χ1v) is 6.17. The third kappa shape index (κ3) is 3.21. The number of halogens is 3. The molecule has 0 radical (unpaired) electrons. The molecular weight excluding hydrogens is 307 g/mol. The minimum Gasteiger partial charge on any atom is -0.453 e. The molecule has 1 aliphatic rings. The van der Waals surface area contributed by atoms with Gasteiger partial charge in [0, 0.05) is 19.2 Å². The number of benzene rings is 1. The maximum Gasteiger partial charge on any atom is 0.416 e. The van der Waals surface area contributed by atoms with E-state index in [0.717, 1.165) is 12.1 Å². The summed E-state index contributed by atoms with van der Waals surface area (Å²) in [4.78, 5) is 22.6. The van der Waals surface area contributed by atoms with Crippen molar-refractivity contribution >= 4 is 17.5 Å². The van der Waals surface area contributed by atoms with Crippen LogP contribution >= 0.6 is 0 Å². The van der Waals surface area contributed by atoms with Gasteiger partial charge >= 0.3 is 12.3 Å². The lowest BCUT2D eigenvalue weighted by Crippen LogP contribution is -2.57. The van der Waals surface area contributed by atoms with E-state index in [0.29, 0.717) is 6.07 Å². The van der Waals surface area contributed by atoms with Crippen LogP contribution in [0.1, 0.15) is 5.56 Å². The number of nitro benzene ring substituents is 1. The highest BCUT2D eigenvalue weighted by Gasteiger charge is 2.35. The number of amides is 1. The number of rotatable bonds is 3. The van der Waals surface area contributed by atoms with Crippen LogP contribution in [0.5, 0.6) is 0 Å². The molecule has 22 heavy (non-hydrogen) atoms. The summed E-state index contributed by atoms with van der Waals surface area (Å²) in [5.74, 6) is 0. The summed E-state index contributed by atoms with van der Waals surface area (Å²) in [6, 6.07) is 1.99. The molecule has 0 saturated carbocycles. The highest BCUT2D eigenvalue weighted by Crippen LogP contribution is 2.35. The second-order valence-electron chi connectivity index (χ2n) is 4.70. The summed E-state index contributed by atoms with van der Waals surface area (Å²) in [5.41, 5.74) is -1.77. The molecule has 10 heteroatoms. The van der Waals surface area contributed by atoms with Gasteiger partial charge < -0.3 is 15.0 Å². The zero-order valence-electron chi connectivity index (χ0n) is 11.4. The maximum atomic E-state index is 12.6. The maximum absolute atomic E-state index is 12.6. The van der Waals surface area contributed by atoms with Crippen LogP contribution in [0.15, 0.2) is 18.2 Å². The molecule has 0 atom stereocenters. The van der Waals surface area contributed by atoms with Crippen molar-refractivity contribution in [2.45, 2.75) is 12.2 Å². The van der Waals surface area contributed by atoms with Crippen LogP contribution in [-0.2, 0) is 10.9 Å². The average molecular weight is 319 g/mol. The van der Waals surface area contributed by atoms with Crippen LogP contribution in [0.4, 0.5) is 29.3 Å². The molecule has 1 aromatic rings. The Labute approximate surface area is 122 Å². The lowest BCUT2D eigenvalue weighted by Gasteiger charge is -2.38. The number of methoxy groups -OCH3 is 1. The van der Waals surface area contributed by atoms with Gasteiger partial charge in [-0.2, -0.15) is 13.2 Å². The molecule has 0 aliphatic carbocycles. The van der Waals surface area contributed by atoms with Crippen LogP contribution in [0.25, 0.3) is 0 Å². The number of hydrogen-bond acceptors (Lipinski definition) is 5. The molecule has 1 amide bonds.